The number of aliphatic hydroxyl groups excluding tert-OH is 1. The maximum atomic E-state index is 10.5. The summed E-state index contributed by atoms with van der Waals surface area (Å²) in [5.41, 5.74) is 8.06. The maximum absolute atomic E-state index is 10.5. The zero-order valence-electron chi connectivity index (χ0n) is 11.5. The first-order valence-electron chi connectivity index (χ1n) is 6.69. The predicted octanol–water partition coefficient (Wildman–Crippen LogP) is 2.93. The highest BCUT2D eigenvalue weighted by Gasteiger charge is 2.25. The van der Waals surface area contributed by atoms with Crippen LogP contribution in [0.3, 0.4) is 0 Å². The van der Waals surface area contributed by atoms with Crippen LogP contribution >= 0.6 is 0 Å². The molecule has 1 aromatic carbocycles. The monoisotopic (exact) mass is 259 g/mol. The lowest BCUT2D eigenvalue weighted by Gasteiger charge is -2.22. The second-order valence-corrected chi connectivity index (χ2v) is 4.80. The number of hydrogen-bond donors (Lipinski definition) is 2. The first kappa shape index (κ1) is 13.8. The van der Waals surface area contributed by atoms with Gasteiger partial charge in [-0.2, -0.15) is 0 Å². The van der Waals surface area contributed by atoms with Crippen LogP contribution in [0, 0.1) is 6.92 Å². The fourth-order valence-corrected chi connectivity index (χ4v) is 2.37. The molecular weight excluding hydrogens is 238 g/mol. The van der Waals surface area contributed by atoms with E-state index < -0.39 is 6.10 Å². The van der Waals surface area contributed by atoms with Crippen molar-refractivity contribution >= 4 is 0 Å². The molecule has 0 saturated carbocycles. The summed E-state index contributed by atoms with van der Waals surface area (Å²) in [6.45, 7) is 4.44. The molecule has 102 valence electrons. The van der Waals surface area contributed by atoms with Gasteiger partial charge in [-0.15, -0.1) is 0 Å². The van der Waals surface area contributed by atoms with E-state index in [9.17, 15) is 5.11 Å². The molecular formula is C16H21NO2. The minimum atomic E-state index is -0.702. The average molecular weight is 259 g/mol. The van der Waals surface area contributed by atoms with Gasteiger partial charge in [0.1, 0.15) is 17.6 Å². The van der Waals surface area contributed by atoms with Gasteiger partial charge in [0.2, 0.25) is 0 Å². The number of rotatable bonds is 5. The Morgan fingerprint density at radius 2 is 1.95 bits per heavy atom. The minimum Gasteiger partial charge on any atom is -0.463 e. The van der Waals surface area contributed by atoms with E-state index in [2.05, 4.69) is 0 Å². The molecule has 0 radical (unpaired) electrons. The standard InChI is InChI=1S/C16H21NO2/c1-3-12-8-9-15(19-12)16(18)14(10-17)13-7-5-4-6-11(13)2/h4-9,14,16,18H,3,10,17H2,1-2H3. The molecule has 3 nitrogen and oxygen atoms in total. The number of furan rings is 1. The van der Waals surface area contributed by atoms with E-state index in [1.165, 1.54) is 0 Å². The highest BCUT2D eigenvalue weighted by Crippen LogP contribution is 2.32. The smallest absolute Gasteiger partial charge is 0.133 e. The summed E-state index contributed by atoms with van der Waals surface area (Å²) in [4.78, 5) is 0. The van der Waals surface area contributed by atoms with Gasteiger partial charge < -0.3 is 15.3 Å². The highest BCUT2D eigenvalue weighted by molar-refractivity contribution is 5.31. The fraction of sp³-hybridized carbons (Fsp3) is 0.375. The molecule has 2 atom stereocenters. The van der Waals surface area contributed by atoms with E-state index in [4.69, 9.17) is 10.2 Å². The average Bonchev–Trinajstić information content (AvgIpc) is 2.90. The van der Waals surface area contributed by atoms with Gasteiger partial charge in [-0.1, -0.05) is 31.2 Å². The van der Waals surface area contributed by atoms with Gasteiger partial charge in [0, 0.05) is 18.9 Å². The lowest BCUT2D eigenvalue weighted by Crippen LogP contribution is -2.20. The van der Waals surface area contributed by atoms with Crippen LogP contribution in [0.1, 0.15) is 41.6 Å². The van der Waals surface area contributed by atoms with E-state index in [0.717, 1.165) is 23.3 Å². The predicted molar refractivity (Wildman–Crippen MR) is 76.0 cm³/mol. The molecule has 0 aliphatic rings. The van der Waals surface area contributed by atoms with E-state index in [1.807, 2.05) is 50.2 Å². The topological polar surface area (TPSA) is 59.4 Å². The van der Waals surface area contributed by atoms with Gasteiger partial charge >= 0.3 is 0 Å². The van der Waals surface area contributed by atoms with Gasteiger partial charge in [-0.3, -0.25) is 0 Å². The van der Waals surface area contributed by atoms with Gasteiger partial charge in [0.15, 0.2) is 0 Å². The number of benzene rings is 1. The largest absolute Gasteiger partial charge is 0.463 e. The van der Waals surface area contributed by atoms with Gasteiger partial charge in [0.05, 0.1) is 0 Å². The van der Waals surface area contributed by atoms with E-state index in [-0.39, 0.29) is 5.92 Å². The maximum Gasteiger partial charge on any atom is 0.133 e. The Hall–Kier alpha value is -1.58. The lowest BCUT2D eigenvalue weighted by atomic mass is 9.89. The van der Waals surface area contributed by atoms with Crippen molar-refractivity contribution < 1.29 is 9.52 Å². The molecule has 3 N–H and O–H groups in total. The number of hydrogen-bond acceptors (Lipinski definition) is 3. The summed E-state index contributed by atoms with van der Waals surface area (Å²) in [6.07, 6.45) is 0.121. The number of aliphatic hydroxyl groups is 1. The van der Waals surface area contributed by atoms with E-state index >= 15 is 0 Å². The van der Waals surface area contributed by atoms with Crippen molar-refractivity contribution in [1.82, 2.24) is 0 Å². The molecule has 0 amide bonds. The van der Waals surface area contributed by atoms with Crippen molar-refractivity contribution in [2.45, 2.75) is 32.3 Å². The van der Waals surface area contributed by atoms with Crippen LogP contribution < -0.4 is 5.73 Å². The second kappa shape index (κ2) is 6.04. The van der Waals surface area contributed by atoms with Crippen LogP contribution in [0.2, 0.25) is 0 Å². The summed E-state index contributed by atoms with van der Waals surface area (Å²) >= 11 is 0. The highest BCUT2D eigenvalue weighted by atomic mass is 16.4. The molecule has 3 heteroatoms. The molecule has 2 unspecified atom stereocenters. The quantitative estimate of drug-likeness (QED) is 0.868. The van der Waals surface area contributed by atoms with Gasteiger partial charge in [-0.05, 0) is 30.2 Å². The summed E-state index contributed by atoms with van der Waals surface area (Å²) in [6, 6.07) is 11.7. The summed E-state index contributed by atoms with van der Waals surface area (Å²) in [7, 11) is 0. The molecule has 19 heavy (non-hydrogen) atoms. The molecule has 1 aromatic heterocycles. The molecule has 0 spiro atoms. The summed E-state index contributed by atoms with van der Waals surface area (Å²) in [5, 5.41) is 10.5. The first-order valence-corrected chi connectivity index (χ1v) is 6.69. The third-order valence-electron chi connectivity index (χ3n) is 3.55. The summed E-state index contributed by atoms with van der Waals surface area (Å²) in [5.74, 6) is 1.34. The van der Waals surface area contributed by atoms with Crippen molar-refractivity contribution in [1.29, 1.82) is 0 Å². The summed E-state index contributed by atoms with van der Waals surface area (Å²) < 4.78 is 5.63. The molecule has 2 aromatic rings. The fourth-order valence-electron chi connectivity index (χ4n) is 2.37. The van der Waals surface area contributed by atoms with Crippen molar-refractivity contribution in [2.75, 3.05) is 6.54 Å². The third kappa shape index (κ3) is 2.88. The SMILES string of the molecule is CCc1ccc(C(O)C(CN)c2ccccc2C)o1. The van der Waals surface area contributed by atoms with Crippen molar-refractivity contribution in [3.05, 3.63) is 59.0 Å². The molecule has 0 aliphatic heterocycles. The van der Waals surface area contributed by atoms with Crippen molar-refractivity contribution in [3.63, 3.8) is 0 Å². The van der Waals surface area contributed by atoms with Crippen molar-refractivity contribution in [3.8, 4) is 0 Å². The van der Waals surface area contributed by atoms with Gasteiger partial charge in [-0.25, -0.2) is 0 Å². The third-order valence-corrected chi connectivity index (χ3v) is 3.55. The zero-order chi connectivity index (χ0) is 13.8. The molecule has 1 heterocycles. The Labute approximate surface area is 114 Å². The Morgan fingerprint density at radius 1 is 1.21 bits per heavy atom. The molecule has 0 aliphatic carbocycles. The number of aryl methyl sites for hydroxylation is 2. The minimum absolute atomic E-state index is 0.142. The molecule has 0 fully saturated rings. The van der Waals surface area contributed by atoms with Crippen LogP contribution in [0.4, 0.5) is 0 Å². The van der Waals surface area contributed by atoms with E-state index in [1.54, 1.807) is 0 Å². The Morgan fingerprint density at radius 3 is 2.53 bits per heavy atom. The van der Waals surface area contributed by atoms with Crippen LogP contribution in [-0.2, 0) is 6.42 Å². The Bertz CT molecular complexity index is 533. The lowest BCUT2D eigenvalue weighted by molar-refractivity contribution is 0.120. The first-order chi connectivity index (χ1) is 9.17. The zero-order valence-corrected chi connectivity index (χ0v) is 11.5. The molecule has 0 bridgehead atoms. The van der Waals surface area contributed by atoms with Crippen LogP contribution in [0.5, 0.6) is 0 Å². The van der Waals surface area contributed by atoms with Crippen LogP contribution in [0.25, 0.3) is 0 Å². The van der Waals surface area contributed by atoms with Crippen molar-refractivity contribution in [2.24, 2.45) is 5.73 Å². The van der Waals surface area contributed by atoms with Crippen LogP contribution in [0.15, 0.2) is 40.8 Å². The van der Waals surface area contributed by atoms with Gasteiger partial charge in [0.25, 0.3) is 0 Å². The molecule has 2 rings (SSSR count). The van der Waals surface area contributed by atoms with Crippen LogP contribution in [-0.4, -0.2) is 11.7 Å². The molecule has 0 saturated heterocycles. The second-order valence-electron chi connectivity index (χ2n) is 4.80. The Balaban J connectivity index is 2.29. The Kier molecular flexibility index (Phi) is 4.40. The van der Waals surface area contributed by atoms with E-state index in [0.29, 0.717) is 12.3 Å². The normalized spacial score (nSPS) is 14.3. The number of nitrogens with two attached hydrogens (primary N) is 1.